The average Bonchev–Trinajstić information content (AvgIpc) is 2.09. The van der Waals surface area contributed by atoms with Gasteiger partial charge in [0.2, 0.25) is 5.91 Å². The van der Waals surface area contributed by atoms with Crippen LogP contribution in [0.1, 0.15) is 25.0 Å². The molecular weight excluding hydrogens is 254 g/mol. The summed E-state index contributed by atoms with van der Waals surface area (Å²) in [6.45, 7) is 7.64. The van der Waals surface area contributed by atoms with E-state index in [1.54, 1.807) is 0 Å². The molecule has 0 atom stereocenters. The highest BCUT2D eigenvalue weighted by Crippen LogP contribution is 2.23. The van der Waals surface area contributed by atoms with Gasteiger partial charge in [-0.2, -0.15) is 0 Å². The van der Waals surface area contributed by atoms with E-state index >= 15 is 0 Å². The Hall–Kier alpha value is -0.830. The molecule has 1 N–H and O–H groups in total. The van der Waals surface area contributed by atoms with Crippen molar-refractivity contribution in [1.29, 1.82) is 0 Å². The van der Waals surface area contributed by atoms with Gasteiger partial charge in [-0.05, 0) is 38.8 Å². The van der Waals surface area contributed by atoms with Crippen molar-refractivity contribution in [2.75, 3.05) is 5.32 Å². The van der Waals surface area contributed by atoms with Crippen LogP contribution in [0.25, 0.3) is 0 Å². The van der Waals surface area contributed by atoms with E-state index in [2.05, 4.69) is 21.2 Å². The Labute approximate surface area is 99.2 Å². The highest BCUT2D eigenvalue weighted by Gasteiger charge is 2.24. The van der Waals surface area contributed by atoms with Gasteiger partial charge in [-0.15, -0.1) is 0 Å². The molecule has 0 fully saturated rings. The molecule has 0 unspecified atom stereocenters. The molecule has 1 aromatic rings. The van der Waals surface area contributed by atoms with Crippen LogP contribution in [-0.4, -0.2) is 10.2 Å². The Balaban J connectivity index is 2.95. The van der Waals surface area contributed by atoms with Crippen molar-refractivity contribution in [3.8, 4) is 0 Å². The minimum atomic E-state index is -0.540. The highest BCUT2D eigenvalue weighted by atomic mass is 79.9. The number of nitrogens with one attached hydrogen (secondary N) is 1. The van der Waals surface area contributed by atoms with E-state index in [0.29, 0.717) is 0 Å². The van der Waals surface area contributed by atoms with Crippen molar-refractivity contribution in [1.82, 2.24) is 0 Å². The molecular formula is C12H16BrNO. The first-order valence-corrected chi connectivity index (χ1v) is 5.68. The number of halogens is 1. The van der Waals surface area contributed by atoms with Gasteiger partial charge in [0.15, 0.2) is 0 Å². The zero-order chi connectivity index (χ0) is 11.6. The van der Waals surface area contributed by atoms with Gasteiger partial charge in [0, 0.05) is 5.69 Å². The number of carbonyl (C=O) groups excluding carboxylic acids is 1. The summed E-state index contributed by atoms with van der Waals surface area (Å²) in [5.41, 5.74) is 3.08. The minimum Gasteiger partial charge on any atom is -0.324 e. The van der Waals surface area contributed by atoms with Gasteiger partial charge in [0.1, 0.15) is 0 Å². The third-order valence-corrected chi connectivity index (χ3v) is 2.62. The maximum absolute atomic E-state index is 11.8. The van der Waals surface area contributed by atoms with Crippen LogP contribution in [0.3, 0.4) is 0 Å². The summed E-state index contributed by atoms with van der Waals surface area (Å²) in [6, 6.07) is 5.97. The molecule has 0 aliphatic carbocycles. The third kappa shape index (κ3) is 3.06. The number of aryl methyl sites for hydroxylation is 2. The second-order valence-electron chi connectivity index (χ2n) is 4.19. The first kappa shape index (κ1) is 12.2. The number of hydrogen-bond acceptors (Lipinski definition) is 1. The van der Waals surface area contributed by atoms with Gasteiger partial charge in [0.05, 0.1) is 4.32 Å². The zero-order valence-electron chi connectivity index (χ0n) is 9.52. The zero-order valence-corrected chi connectivity index (χ0v) is 11.1. The molecule has 0 heterocycles. The molecule has 0 bridgehead atoms. The van der Waals surface area contributed by atoms with E-state index in [9.17, 15) is 4.79 Å². The van der Waals surface area contributed by atoms with Crippen molar-refractivity contribution in [3.05, 3.63) is 29.3 Å². The standard InChI is InChI=1S/C12H16BrNO/c1-8-6-5-7-9(2)10(8)14-11(15)12(3,4)13/h5-7H,1-4H3,(H,14,15). The molecule has 1 amide bonds. The number of amides is 1. The summed E-state index contributed by atoms with van der Waals surface area (Å²) < 4.78 is -0.540. The van der Waals surface area contributed by atoms with Crippen LogP contribution in [-0.2, 0) is 4.79 Å². The number of benzene rings is 1. The molecule has 0 radical (unpaired) electrons. The van der Waals surface area contributed by atoms with Crippen LogP contribution in [0.5, 0.6) is 0 Å². The lowest BCUT2D eigenvalue weighted by Gasteiger charge is -2.18. The van der Waals surface area contributed by atoms with Crippen LogP contribution in [0.15, 0.2) is 18.2 Å². The molecule has 0 aliphatic rings. The predicted octanol–water partition coefficient (Wildman–Crippen LogP) is 3.42. The summed E-state index contributed by atoms with van der Waals surface area (Å²) in [7, 11) is 0. The third-order valence-electron chi connectivity index (χ3n) is 2.26. The monoisotopic (exact) mass is 269 g/mol. The predicted molar refractivity (Wildman–Crippen MR) is 67.6 cm³/mol. The molecule has 1 rings (SSSR count). The molecule has 2 nitrogen and oxygen atoms in total. The molecule has 0 aliphatic heterocycles. The quantitative estimate of drug-likeness (QED) is 0.820. The van der Waals surface area contributed by atoms with Crippen molar-refractivity contribution in [2.24, 2.45) is 0 Å². The van der Waals surface area contributed by atoms with E-state index < -0.39 is 4.32 Å². The number of carbonyl (C=O) groups is 1. The van der Waals surface area contributed by atoms with E-state index in [4.69, 9.17) is 0 Å². The molecule has 1 aromatic carbocycles. The molecule has 0 saturated carbocycles. The number of anilines is 1. The largest absolute Gasteiger partial charge is 0.324 e. The number of para-hydroxylation sites is 1. The molecule has 0 aromatic heterocycles. The fourth-order valence-electron chi connectivity index (χ4n) is 1.27. The summed E-state index contributed by atoms with van der Waals surface area (Å²) in [4.78, 5) is 11.8. The second kappa shape index (κ2) is 4.35. The smallest absolute Gasteiger partial charge is 0.240 e. The summed E-state index contributed by atoms with van der Waals surface area (Å²) in [5, 5.41) is 2.93. The Morgan fingerprint density at radius 3 is 2.13 bits per heavy atom. The Kier molecular flexibility index (Phi) is 3.55. The van der Waals surface area contributed by atoms with Gasteiger partial charge in [-0.25, -0.2) is 0 Å². The van der Waals surface area contributed by atoms with Gasteiger partial charge in [-0.1, -0.05) is 34.1 Å². The molecule has 3 heteroatoms. The average molecular weight is 270 g/mol. The van der Waals surface area contributed by atoms with Crippen molar-refractivity contribution < 1.29 is 4.79 Å². The van der Waals surface area contributed by atoms with Crippen molar-refractivity contribution >= 4 is 27.5 Å². The van der Waals surface area contributed by atoms with Crippen molar-refractivity contribution in [3.63, 3.8) is 0 Å². The Morgan fingerprint density at radius 1 is 1.27 bits per heavy atom. The van der Waals surface area contributed by atoms with Gasteiger partial charge in [-0.3, -0.25) is 4.79 Å². The summed E-state index contributed by atoms with van der Waals surface area (Å²) in [6.07, 6.45) is 0. The lowest BCUT2D eigenvalue weighted by molar-refractivity contribution is -0.117. The maximum Gasteiger partial charge on any atom is 0.240 e. The first-order chi connectivity index (χ1) is 6.82. The lowest BCUT2D eigenvalue weighted by Crippen LogP contribution is -2.31. The van der Waals surface area contributed by atoms with Crippen LogP contribution >= 0.6 is 15.9 Å². The molecule has 0 saturated heterocycles. The number of alkyl halides is 1. The molecule has 0 spiro atoms. The Morgan fingerprint density at radius 2 is 1.73 bits per heavy atom. The van der Waals surface area contributed by atoms with Gasteiger partial charge in [0.25, 0.3) is 0 Å². The van der Waals surface area contributed by atoms with E-state index in [1.165, 1.54) is 0 Å². The second-order valence-corrected chi connectivity index (χ2v) is 6.18. The van der Waals surface area contributed by atoms with Crippen LogP contribution in [0, 0.1) is 13.8 Å². The number of rotatable bonds is 2. The summed E-state index contributed by atoms with van der Waals surface area (Å²) in [5.74, 6) is -0.0279. The fourth-order valence-corrected chi connectivity index (χ4v) is 1.37. The van der Waals surface area contributed by atoms with Crippen LogP contribution < -0.4 is 5.32 Å². The summed E-state index contributed by atoms with van der Waals surface area (Å²) >= 11 is 3.34. The lowest BCUT2D eigenvalue weighted by atomic mass is 10.1. The molecule has 15 heavy (non-hydrogen) atoms. The molecule has 82 valence electrons. The highest BCUT2D eigenvalue weighted by molar-refractivity contribution is 9.10. The van der Waals surface area contributed by atoms with E-state index in [0.717, 1.165) is 16.8 Å². The minimum absolute atomic E-state index is 0.0279. The number of hydrogen-bond donors (Lipinski definition) is 1. The SMILES string of the molecule is Cc1cccc(C)c1NC(=O)C(C)(C)Br. The van der Waals surface area contributed by atoms with E-state index in [1.807, 2.05) is 45.9 Å². The van der Waals surface area contributed by atoms with Crippen molar-refractivity contribution in [2.45, 2.75) is 32.0 Å². The fraction of sp³-hybridized carbons (Fsp3) is 0.417. The topological polar surface area (TPSA) is 29.1 Å². The van der Waals surface area contributed by atoms with E-state index in [-0.39, 0.29) is 5.91 Å². The van der Waals surface area contributed by atoms with Crippen LogP contribution in [0.4, 0.5) is 5.69 Å². The van der Waals surface area contributed by atoms with Gasteiger partial charge < -0.3 is 5.32 Å². The maximum atomic E-state index is 11.8. The Bertz CT molecular complexity index is 359. The van der Waals surface area contributed by atoms with Gasteiger partial charge >= 0.3 is 0 Å². The van der Waals surface area contributed by atoms with Crippen LogP contribution in [0.2, 0.25) is 0 Å². The normalized spacial score (nSPS) is 11.3. The first-order valence-electron chi connectivity index (χ1n) is 4.89.